The van der Waals surface area contributed by atoms with E-state index in [1.54, 1.807) is 16.8 Å². The first-order valence-corrected chi connectivity index (χ1v) is 9.29. The van der Waals surface area contributed by atoms with E-state index in [-0.39, 0.29) is 11.2 Å². The molecule has 2 aromatic carbocycles. The van der Waals surface area contributed by atoms with Crippen molar-refractivity contribution in [2.75, 3.05) is 5.32 Å². The number of nitrogens with zero attached hydrogens (tertiary/aromatic N) is 4. The van der Waals surface area contributed by atoms with E-state index in [1.807, 2.05) is 51.1 Å². The Labute approximate surface area is 160 Å². The Bertz CT molecular complexity index is 943. The van der Waals surface area contributed by atoms with Gasteiger partial charge in [-0.3, -0.25) is 4.79 Å². The Hall–Kier alpha value is -2.38. The molecule has 0 fully saturated rings. The third-order valence-electron chi connectivity index (χ3n) is 3.80. The number of amides is 1. The van der Waals surface area contributed by atoms with Gasteiger partial charge in [-0.15, -0.1) is 5.10 Å². The Morgan fingerprint density at radius 3 is 2.81 bits per heavy atom. The molecule has 0 saturated carbocycles. The predicted octanol–water partition coefficient (Wildman–Crippen LogP) is 4.05. The average Bonchev–Trinajstić information content (AvgIpc) is 3.06. The Kier molecular flexibility index (Phi) is 5.58. The molecule has 1 atom stereocenters. The maximum Gasteiger partial charge on any atom is 0.237 e. The van der Waals surface area contributed by atoms with Gasteiger partial charge in [-0.1, -0.05) is 41.6 Å². The lowest BCUT2D eigenvalue weighted by Gasteiger charge is -2.13. The van der Waals surface area contributed by atoms with Crippen molar-refractivity contribution < 1.29 is 4.79 Å². The molecule has 3 rings (SSSR count). The highest BCUT2D eigenvalue weighted by Crippen LogP contribution is 2.25. The first kappa shape index (κ1) is 18.4. The van der Waals surface area contributed by atoms with Crippen molar-refractivity contribution in [2.24, 2.45) is 0 Å². The highest BCUT2D eigenvalue weighted by Gasteiger charge is 2.20. The minimum atomic E-state index is -0.386. The Morgan fingerprint density at radius 2 is 2.04 bits per heavy atom. The van der Waals surface area contributed by atoms with Gasteiger partial charge in [0.25, 0.3) is 0 Å². The first-order chi connectivity index (χ1) is 12.4. The topological polar surface area (TPSA) is 72.7 Å². The predicted molar refractivity (Wildman–Crippen MR) is 104 cm³/mol. The number of benzene rings is 2. The number of rotatable bonds is 5. The highest BCUT2D eigenvalue weighted by molar-refractivity contribution is 8.00. The van der Waals surface area contributed by atoms with Crippen LogP contribution in [0.25, 0.3) is 5.69 Å². The molecule has 26 heavy (non-hydrogen) atoms. The van der Waals surface area contributed by atoms with E-state index >= 15 is 0 Å². The van der Waals surface area contributed by atoms with Crippen molar-refractivity contribution in [2.45, 2.75) is 31.2 Å². The van der Waals surface area contributed by atoms with Crippen LogP contribution in [0.5, 0.6) is 0 Å². The highest BCUT2D eigenvalue weighted by atomic mass is 35.5. The van der Waals surface area contributed by atoms with E-state index in [2.05, 4.69) is 20.8 Å². The second kappa shape index (κ2) is 7.88. The summed E-state index contributed by atoms with van der Waals surface area (Å²) < 4.78 is 1.63. The van der Waals surface area contributed by atoms with Gasteiger partial charge in [0.1, 0.15) is 0 Å². The average molecular weight is 388 g/mol. The molecule has 0 aliphatic rings. The third kappa shape index (κ3) is 4.23. The lowest BCUT2D eigenvalue weighted by Crippen LogP contribution is -2.23. The van der Waals surface area contributed by atoms with Gasteiger partial charge in [-0.2, -0.15) is 4.68 Å². The van der Waals surface area contributed by atoms with Crippen molar-refractivity contribution in [3.05, 3.63) is 58.6 Å². The first-order valence-electron chi connectivity index (χ1n) is 8.03. The normalized spacial score (nSPS) is 12.0. The number of hydrogen-bond donors (Lipinski definition) is 1. The number of anilines is 1. The van der Waals surface area contributed by atoms with E-state index in [1.165, 1.54) is 11.8 Å². The van der Waals surface area contributed by atoms with E-state index < -0.39 is 0 Å². The fraction of sp³-hybridized carbons (Fsp3) is 0.222. The number of halogens is 1. The molecule has 6 nitrogen and oxygen atoms in total. The molecule has 0 aliphatic heterocycles. The molecular formula is C18H18ClN5OS. The molecule has 0 spiro atoms. The minimum absolute atomic E-state index is 0.140. The summed E-state index contributed by atoms with van der Waals surface area (Å²) in [7, 11) is 0. The second-order valence-electron chi connectivity index (χ2n) is 5.92. The summed E-state index contributed by atoms with van der Waals surface area (Å²) in [6, 6.07) is 13.3. The Balaban J connectivity index is 1.74. The zero-order valence-corrected chi connectivity index (χ0v) is 16.2. The maximum atomic E-state index is 12.6. The minimum Gasteiger partial charge on any atom is -0.325 e. The fourth-order valence-electron chi connectivity index (χ4n) is 2.35. The van der Waals surface area contributed by atoms with Gasteiger partial charge in [0.05, 0.1) is 10.9 Å². The molecule has 1 amide bonds. The molecule has 0 bridgehead atoms. The van der Waals surface area contributed by atoms with E-state index in [0.717, 1.165) is 16.8 Å². The summed E-state index contributed by atoms with van der Waals surface area (Å²) in [6.45, 7) is 5.74. The summed E-state index contributed by atoms with van der Waals surface area (Å²) in [5, 5.41) is 15.5. The number of tetrazole rings is 1. The van der Waals surface area contributed by atoms with Crippen LogP contribution in [0.4, 0.5) is 5.69 Å². The summed E-state index contributed by atoms with van der Waals surface area (Å²) in [5.74, 6) is -0.140. The summed E-state index contributed by atoms with van der Waals surface area (Å²) in [4.78, 5) is 12.6. The molecule has 134 valence electrons. The molecule has 1 heterocycles. The molecule has 0 aliphatic carbocycles. The van der Waals surface area contributed by atoms with Crippen molar-refractivity contribution in [3.8, 4) is 5.69 Å². The van der Waals surface area contributed by atoms with Crippen LogP contribution in [-0.4, -0.2) is 31.4 Å². The van der Waals surface area contributed by atoms with E-state index in [0.29, 0.717) is 15.9 Å². The Morgan fingerprint density at radius 1 is 1.23 bits per heavy atom. The van der Waals surface area contributed by atoms with Crippen LogP contribution in [0, 0.1) is 13.8 Å². The van der Waals surface area contributed by atoms with Crippen molar-refractivity contribution in [1.82, 2.24) is 20.2 Å². The third-order valence-corrected chi connectivity index (χ3v) is 5.06. The second-order valence-corrected chi connectivity index (χ2v) is 7.67. The zero-order chi connectivity index (χ0) is 18.7. The largest absolute Gasteiger partial charge is 0.325 e. The molecule has 1 aromatic heterocycles. The number of nitrogens with one attached hydrogen (secondary N) is 1. The van der Waals surface area contributed by atoms with Gasteiger partial charge in [-0.25, -0.2) is 0 Å². The number of carbonyl (C=O) groups excluding carboxylic acids is 1. The number of aryl methyl sites for hydroxylation is 2. The number of thioether (sulfide) groups is 1. The molecule has 3 aromatic rings. The van der Waals surface area contributed by atoms with Crippen LogP contribution in [0.2, 0.25) is 5.02 Å². The summed E-state index contributed by atoms with van der Waals surface area (Å²) in [6.07, 6.45) is 0. The van der Waals surface area contributed by atoms with Gasteiger partial charge < -0.3 is 5.32 Å². The van der Waals surface area contributed by atoms with Crippen LogP contribution < -0.4 is 5.32 Å². The molecule has 1 unspecified atom stereocenters. The molecule has 1 N–H and O–H groups in total. The molecule has 0 saturated heterocycles. The van der Waals surface area contributed by atoms with Gasteiger partial charge in [0.15, 0.2) is 0 Å². The number of carbonyl (C=O) groups is 1. The lowest BCUT2D eigenvalue weighted by molar-refractivity contribution is -0.115. The van der Waals surface area contributed by atoms with Crippen molar-refractivity contribution in [1.29, 1.82) is 0 Å². The fourth-order valence-corrected chi connectivity index (χ4v) is 3.33. The van der Waals surface area contributed by atoms with E-state index in [4.69, 9.17) is 11.6 Å². The lowest BCUT2D eigenvalue weighted by atomic mass is 10.2. The molecule has 8 heteroatoms. The van der Waals surface area contributed by atoms with Crippen LogP contribution in [-0.2, 0) is 4.79 Å². The molecular weight excluding hydrogens is 370 g/mol. The smallest absolute Gasteiger partial charge is 0.237 e. The van der Waals surface area contributed by atoms with E-state index in [9.17, 15) is 4.79 Å². The zero-order valence-electron chi connectivity index (χ0n) is 14.6. The van der Waals surface area contributed by atoms with Crippen LogP contribution in [0.3, 0.4) is 0 Å². The summed E-state index contributed by atoms with van der Waals surface area (Å²) in [5.41, 5.74) is 3.62. The van der Waals surface area contributed by atoms with Gasteiger partial charge in [0, 0.05) is 10.7 Å². The van der Waals surface area contributed by atoms with Gasteiger partial charge >= 0.3 is 0 Å². The monoisotopic (exact) mass is 387 g/mol. The van der Waals surface area contributed by atoms with Crippen molar-refractivity contribution in [3.63, 3.8) is 0 Å². The number of hydrogen-bond acceptors (Lipinski definition) is 5. The molecule has 0 radical (unpaired) electrons. The van der Waals surface area contributed by atoms with Gasteiger partial charge in [0.2, 0.25) is 11.1 Å². The van der Waals surface area contributed by atoms with Gasteiger partial charge in [-0.05, 0) is 66.6 Å². The summed E-state index contributed by atoms with van der Waals surface area (Å²) >= 11 is 7.31. The maximum absolute atomic E-state index is 12.6. The number of aromatic nitrogens is 4. The van der Waals surface area contributed by atoms with Crippen molar-refractivity contribution >= 4 is 35.0 Å². The van der Waals surface area contributed by atoms with Crippen LogP contribution >= 0.6 is 23.4 Å². The SMILES string of the molecule is Cc1cccc(-n2nnnc2SC(C)C(=O)Nc2cc(Cl)ccc2C)c1. The standard InChI is InChI=1S/C18H18ClN5OS/c1-11-5-4-6-15(9-11)24-18(21-22-23-24)26-13(3)17(25)20-16-10-14(19)8-7-12(16)2/h4-10,13H,1-3H3,(H,20,25). The quantitative estimate of drug-likeness (QED) is 0.668. The van der Waals surface area contributed by atoms with Crippen LogP contribution in [0.15, 0.2) is 47.6 Å². The van der Waals surface area contributed by atoms with Crippen LogP contribution in [0.1, 0.15) is 18.1 Å².